The van der Waals surface area contributed by atoms with Gasteiger partial charge in [-0.2, -0.15) is 0 Å². The molecule has 2 N–H and O–H groups in total. The van der Waals surface area contributed by atoms with Crippen molar-refractivity contribution in [2.24, 2.45) is 5.92 Å². The molecule has 1 aromatic carbocycles. The number of hydrogen-bond acceptors (Lipinski definition) is 4. The fourth-order valence-corrected chi connectivity index (χ4v) is 1.97. The number of anilines is 3. The first-order valence-corrected chi connectivity index (χ1v) is 6.95. The van der Waals surface area contributed by atoms with Crippen molar-refractivity contribution >= 4 is 17.3 Å². The second kappa shape index (κ2) is 6.37. The summed E-state index contributed by atoms with van der Waals surface area (Å²) >= 11 is 0. The number of para-hydroxylation sites is 1. The van der Waals surface area contributed by atoms with Crippen LogP contribution in [0.25, 0.3) is 0 Å². The number of nitrogens with one attached hydrogen (secondary N) is 2. The van der Waals surface area contributed by atoms with Gasteiger partial charge < -0.3 is 10.6 Å². The molecule has 2 aromatic rings. The number of aryl methyl sites for hydroxylation is 2. The van der Waals surface area contributed by atoms with E-state index in [1.165, 1.54) is 11.1 Å². The van der Waals surface area contributed by atoms with E-state index in [-0.39, 0.29) is 0 Å². The minimum atomic E-state index is 0.583. The first-order valence-electron chi connectivity index (χ1n) is 6.95. The molecule has 0 amide bonds. The minimum absolute atomic E-state index is 0.583. The van der Waals surface area contributed by atoms with Crippen LogP contribution in [0, 0.1) is 19.8 Å². The number of benzene rings is 1. The highest BCUT2D eigenvalue weighted by Gasteiger charge is 2.04. The van der Waals surface area contributed by atoms with Crippen molar-refractivity contribution in [3.63, 3.8) is 0 Å². The van der Waals surface area contributed by atoms with Gasteiger partial charge in [0.2, 0.25) is 0 Å². The van der Waals surface area contributed by atoms with Gasteiger partial charge in [-0.1, -0.05) is 32.0 Å². The topological polar surface area (TPSA) is 49.8 Å². The van der Waals surface area contributed by atoms with E-state index >= 15 is 0 Å². The molecule has 0 fully saturated rings. The van der Waals surface area contributed by atoms with Gasteiger partial charge in [0, 0.05) is 18.3 Å². The molecule has 0 radical (unpaired) electrons. The Bertz CT molecular complexity index is 558. The van der Waals surface area contributed by atoms with E-state index in [0.29, 0.717) is 5.92 Å². The molecule has 2 rings (SSSR count). The van der Waals surface area contributed by atoms with Crippen LogP contribution in [0.2, 0.25) is 0 Å². The zero-order chi connectivity index (χ0) is 14.5. The van der Waals surface area contributed by atoms with Crippen LogP contribution in [0.5, 0.6) is 0 Å². The largest absolute Gasteiger partial charge is 0.370 e. The number of rotatable bonds is 5. The third-order valence-electron chi connectivity index (χ3n) is 3.09. The fourth-order valence-electron chi connectivity index (χ4n) is 1.97. The van der Waals surface area contributed by atoms with Crippen molar-refractivity contribution in [2.75, 3.05) is 17.2 Å². The Hall–Kier alpha value is -2.10. The van der Waals surface area contributed by atoms with Gasteiger partial charge in [0.15, 0.2) is 0 Å². The van der Waals surface area contributed by atoms with Crippen molar-refractivity contribution in [3.8, 4) is 0 Å². The Morgan fingerprint density at radius 1 is 1.05 bits per heavy atom. The SMILES string of the molecule is Cc1cccc(C)c1Nc1cc(NCC(C)C)ncn1. The molecular formula is C16H22N4. The first-order chi connectivity index (χ1) is 9.56. The molecule has 0 unspecified atom stereocenters. The summed E-state index contributed by atoms with van der Waals surface area (Å²) in [6.45, 7) is 9.43. The predicted molar refractivity (Wildman–Crippen MR) is 84.6 cm³/mol. The Labute approximate surface area is 120 Å². The number of aromatic nitrogens is 2. The van der Waals surface area contributed by atoms with E-state index < -0.39 is 0 Å². The average molecular weight is 270 g/mol. The van der Waals surface area contributed by atoms with Crippen molar-refractivity contribution in [1.29, 1.82) is 0 Å². The maximum absolute atomic E-state index is 4.28. The van der Waals surface area contributed by atoms with Gasteiger partial charge in [0.1, 0.15) is 18.0 Å². The highest BCUT2D eigenvalue weighted by Crippen LogP contribution is 2.23. The Balaban J connectivity index is 2.15. The Morgan fingerprint density at radius 2 is 1.70 bits per heavy atom. The quantitative estimate of drug-likeness (QED) is 0.865. The standard InChI is InChI=1S/C16H22N4/c1-11(2)9-17-14-8-15(19-10-18-14)20-16-12(3)6-5-7-13(16)4/h5-8,10-11H,9H2,1-4H3,(H2,17,18,19,20). The summed E-state index contributed by atoms with van der Waals surface area (Å²) < 4.78 is 0. The zero-order valence-corrected chi connectivity index (χ0v) is 12.6. The summed E-state index contributed by atoms with van der Waals surface area (Å²) in [6, 6.07) is 8.18. The van der Waals surface area contributed by atoms with Gasteiger partial charge in [0.25, 0.3) is 0 Å². The molecule has 106 valence electrons. The number of hydrogen-bond donors (Lipinski definition) is 2. The van der Waals surface area contributed by atoms with Gasteiger partial charge in [-0.25, -0.2) is 9.97 Å². The summed E-state index contributed by atoms with van der Waals surface area (Å²) in [7, 11) is 0. The van der Waals surface area contributed by atoms with Gasteiger partial charge in [-0.3, -0.25) is 0 Å². The lowest BCUT2D eigenvalue weighted by atomic mass is 10.1. The Morgan fingerprint density at radius 3 is 2.35 bits per heavy atom. The average Bonchev–Trinajstić information content (AvgIpc) is 2.41. The molecule has 4 heteroatoms. The number of nitrogens with zero attached hydrogens (tertiary/aromatic N) is 2. The summed E-state index contributed by atoms with van der Waals surface area (Å²) in [5, 5.41) is 6.69. The van der Waals surface area contributed by atoms with Gasteiger partial charge >= 0.3 is 0 Å². The van der Waals surface area contributed by atoms with Crippen LogP contribution in [0.3, 0.4) is 0 Å². The Kier molecular flexibility index (Phi) is 4.56. The van der Waals surface area contributed by atoms with Crippen LogP contribution >= 0.6 is 0 Å². The molecule has 0 spiro atoms. The summed E-state index contributed by atoms with van der Waals surface area (Å²) in [4.78, 5) is 8.52. The molecule has 1 heterocycles. The molecule has 0 aliphatic carbocycles. The van der Waals surface area contributed by atoms with Crippen molar-refractivity contribution in [1.82, 2.24) is 9.97 Å². The molecule has 4 nitrogen and oxygen atoms in total. The van der Waals surface area contributed by atoms with Crippen LogP contribution < -0.4 is 10.6 Å². The van der Waals surface area contributed by atoms with E-state index in [2.05, 4.69) is 66.5 Å². The molecule has 0 aliphatic heterocycles. The molecule has 0 saturated carbocycles. The molecule has 1 aromatic heterocycles. The minimum Gasteiger partial charge on any atom is -0.370 e. The van der Waals surface area contributed by atoms with E-state index in [1.807, 2.05) is 6.07 Å². The van der Waals surface area contributed by atoms with Crippen LogP contribution in [-0.2, 0) is 0 Å². The first kappa shape index (κ1) is 14.3. The zero-order valence-electron chi connectivity index (χ0n) is 12.6. The van der Waals surface area contributed by atoms with Crippen LogP contribution in [-0.4, -0.2) is 16.5 Å². The van der Waals surface area contributed by atoms with Gasteiger partial charge in [0.05, 0.1) is 0 Å². The lowest BCUT2D eigenvalue weighted by Gasteiger charge is -2.13. The van der Waals surface area contributed by atoms with E-state index in [1.54, 1.807) is 6.33 Å². The predicted octanol–water partition coefficient (Wildman–Crippen LogP) is 3.90. The highest BCUT2D eigenvalue weighted by molar-refractivity contribution is 5.65. The van der Waals surface area contributed by atoms with E-state index in [4.69, 9.17) is 0 Å². The second-order valence-electron chi connectivity index (χ2n) is 5.46. The fraction of sp³-hybridized carbons (Fsp3) is 0.375. The third-order valence-corrected chi connectivity index (χ3v) is 3.09. The lowest BCUT2D eigenvalue weighted by Crippen LogP contribution is -2.09. The van der Waals surface area contributed by atoms with E-state index in [0.717, 1.165) is 23.9 Å². The molecule has 0 aliphatic rings. The smallest absolute Gasteiger partial charge is 0.135 e. The van der Waals surface area contributed by atoms with Crippen molar-refractivity contribution in [3.05, 3.63) is 41.7 Å². The third kappa shape index (κ3) is 3.70. The monoisotopic (exact) mass is 270 g/mol. The molecule has 20 heavy (non-hydrogen) atoms. The van der Waals surface area contributed by atoms with Gasteiger partial charge in [-0.05, 0) is 30.9 Å². The molecular weight excluding hydrogens is 248 g/mol. The van der Waals surface area contributed by atoms with Gasteiger partial charge in [-0.15, -0.1) is 0 Å². The highest BCUT2D eigenvalue weighted by atomic mass is 15.1. The van der Waals surface area contributed by atoms with Crippen molar-refractivity contribution < 1.29 is 0 Å². The lowest BCUT2D eigenvalue weighted by molar-refractivity contribution is 0.687. The summed E-state index contributed by atoms with van der Waals surface area (Å²) in [5.74, 6) is 2.24. The molecule has 0 atom stereocenters. The van der Waals surface area contributed by atoms with E-state index in [9.17, 15) is 0 Å². The summed E-state index contributed by atoms with van der Waals surface area (Å²) in [5.41, 5.74) is 3.53. The molecule has 0 saturated heterocycles. The second-order valence-corrected chi connectivity index (χ2v) is 5.46. The normalized spacial score (nSPS) is 10.7. The maximum atomic E-state index is 4.28. The molecule has 0 bridgehead atoms. The summed E-state index contributed by atoms with van der Waals surface area (Å²) in [6.07, 6.45) is 1.58. The van der Waals surface area contributed by atoms with Crippen LogP contribution in [0.15, 0.2) is 30.6 Å². The maximum Gasteiger partial charge on any atom is 0.135 e. The van der Waals surface area contributed by atoms with Crippen LogP contribution in [0.1, 0.15) is 25.0 Å². The van der Waals surface area contributed by atoms with Crippen molar-refractivity contribution in [2.45, 2.75) is 27.7 Å². The van der Waals surface area contributed by atoms with Crippen LogP contribution in [0.4, 0.5) is 17.3 Å².